The van der Waals surface area contributed by atoms with E-state index in [9.17, 15) is 0 Å². The van der Waals surface area contributed by atoms with Gasteiger partial charge in [-0.25, -0.2) is 0 Å². The predicted molar refractivity (Wildman–Crippen MR) is 66.9 cm³/mol. The van der Waals surface area contributed by atoms with Crippen LogP contribution in [0, 0.1) is 16.7 Å². The summed E-state index contributed by atoms with van der Waals surface area (Å²) in [4.78, 5) is 2.47. The minimum Gasteiger partial charge on any atom is -0.327 e. The molecule has 1 rings (SSSR count). The smallest absolute Gasteiger partial charge is 0.0635 e. The molecule has 3 heteroatoms. The van der Waals surface area contributed by atoms with Crippen molar-refractivity contribution in [3.05, 3.63) is 0 Å². The fourth-order valence-electron chi connectivity index (χ4n) is 2.72. The summed E-state index contributed by atoms with van der Waals surface area (Å²) in [5, 5.41) is 8.73. The van der Waals surface area contributed by atoms with Crippen molar-refractivity contribution >= 4 is 0 Å². The summed E-state index contributed by atoms with van der Waals surface area (Å²) in [6, 6.07) is 3.43. The van der Waals surface area contributed by atoms with Gasteiger partial charge in [0.2, 0.25) is 0 Å². The second kappa shape index (κ2) is 5.16. The lowest BCUT2D eigenvalue weighted by Crippen LogP contribution is -2.54. The van der Waals surface area contributed by atoms with E-state index in [0.717, 1.165) is 6.54 Å². The van der Waals surface area contributed by atoms with Gasteiger partial charge in [-0.2, -0.15) is 5.26 Å². The van der Waals surface area contributed by atoms with Crippen molar-refractivity contribution in [1.29, 1.82) is 5.26 Å². The first-order valence-corrected chi connectivity index (χ1v) is 6.26. The lowest BCUT2D eigenvalue weighted by molar-refractivity contribution is 0.0764. The standard InChI is InChI=1S/C13H25N3/c1-10(15)12(13(2,3)4)16(9-5-8-14)11-6-7-11/h10-12H,5-7,9,15H2,1-4H3. The highest BCUT2D eigenvalue weighted by Gasteiger charge is 2.40. The van der Waals surface area contributed by atoms with Crippen LogP contribution in [-0.2, 0) is 0 Å². The van der Waals surface area contributed by atoms with Crippen molar-refractivity contribution < 1.29 is 0 Å². The van der Waals surface area contributed by atoms with E-state index in [1.54, 1.807) is 0 Å². The number of nitrogens with zero attached hydrogens (tertiary/aromatic N) is 2. The Morgan fingerprint density at radius 2 is 2.00 bits per heavy atom. The summed E-state index contributed by atoms with van der Waals surface area (Å²) in [5.41, 5.74) is 6.31. The molecule has 3 nitrogen and oxygen atoms in total. The Morgan fingerprint density at radius 3 is 2.31 bits per heavy atom. The quantitative estimate of drug-likeness (QED) is 0.777. The average molecular weight is 223 g/mol. The van der Waals surface area contributed by atoms with Gasteiger partial charge in [-0.3, -0.25) is 4.90 Å². The summed E-state index contributed by atoms with van der Waals surface area (Å²) in [5.74, 6) is 0. The van der Waals surface area contributed by atoms with Gasteiger partial charge in [-0.05, 0) is 25.2 Å². The molecular weight excluding hydrogens is 198 g/mol. The first-order chi connectivity index (χ1) is 7.38. The summed E-state index contributed by atoms with van der Waals surface area (Å²) in [6.45, 7) is 9.66. The molecule has 92 valence electrons. The molecule has 0 saturated heterocycles. The van der Waals surface area contributed by atoms with Crippen LogP contribution in [0.2, 0.25) is 0 Å². The topological polar surface area (TPSA) is 53.0 Å². The van der Waals surface area contributed by atoms with Crippen LogP contribution >= 0.6 is 0 Å². The molecule has 1 aliphatic carbocycles. The van der Waals surface area contributed by atoms with Gasteiger partial charge in [0, 0.05) is 31.1 Å². The molecule has 1 fully saturated rings. The third kappa shape index (κ3) is 3.47. The van der Waals surface area contributed by atoms with E-state index in [4.69, 9.17) is 11.0 Å². The maximum atomic E-state index is 8.73. The van der Waals surface area contributed by atoms with E-state index in [-0.39, 0.29) is 11.5 Å². The Kier molecular flexibility index (Phi) is 4.35. The second-order valence-electron chi connectivity index (χ2n) is 6.05. The molecule has 0 heterocycles. The van der Waals surface area contributed by atoms with Gasteiger partial charge in [-0.15, -0.1) is 0 Å². The Morgan fingerprint density at radius 1 is 1.44 bits per heavy atom. The third-order valence-electron chi connectivity index (χ3n) is 3.24. The lowest BCUT2D eigenvalue weighted by Gasteiger charge is -2.42. The first kappa shape index (κ1) is 13.5. The summed E-state index contributed by atoms with van der Waals surface area (Å²) in [7, 11) is 0. The fourth-order valence-corrected chi connectivity index (χ4v) is 2.72. The fraction of sp³-hybridized carbons (Fsp3) is 0.923. The maximum absolute atomic E-state index is 8.73. The molecule has 0 aromatic heterocycles. The van der Waals surface area contributed by atoms with Crippen molar-refractivity contribution in [3.8, 4) is 6.07 Å². The Bertz CT molecular complexity index is 255. The van der Waals surface area contributed by atoms with Crippen molar-refractivity contribution in [2.45, 2.75) is 65.1 Å². The zero-order valence-electron chi connectivity index (χ0n) is 11.0. The minimum absolute atomic E-state index is 0.152. The maximum Gasteiger partial charge on any atom is 0.0635 e. The Hall–Kier alpha value is -0.590. The molecule has 1 saturated carbocycles. The first-order valence-electron chi connectivity index (χ1n) is 6.26. The third-order valence-corrected chi connectivity index (χ3v) is 3.24. The van der Waals surface area contributed by atoms with Crippen molar-refractivity contribution in [2.24, 2.45) is 11.1 Å². The number of nitriles is 1. The molecule has 0 radical (unpaired) electrons. The monoisotopic (exact) mass is 223 g/mol. The highest BCUT2D eigenvalue weighted by atomic mass is 15.2. The molecule has 1 aliphatic rings. The summed E-state index contributed by atoms with van der Waals surface area (Å²) < 4.78 is 0. The predicted octanol–water partition coefficient (Wildman–Crippen LogP) is 2.13. The van der Waals surface area contributed by atoms with Crippen molar-refractivity contribution in [2.75, 3.05) is 6.54 Å². The second-order valence-corrected chi connectivity index (χ2v) is 6.05. The molecular formula is C13H25N3. The molecule has 0 spiro atoms. The minimum atomic E-state index is 0.152. The molecule has 0 aromatic rings. The molecule has 0 amide bonds. The molecule has 0 aliphatic heterocycles. The number of nitrogens with two attached hydrogens (primary N) is 1. The van der Waals surface area contributed by atoms with Gasteiger partial charge < -0.3 is 5.73 Å². The SMILES string of the molecule is CC(N)C(N(CCC#N)C1CC1)C(C)(C)C. The molecule has 2 N–H and O–H groups in total. The van der Waals surface area contributed by atoms with Crippen LogP contribution in [0.25, 0.3) is 0 Å². The van der Waals surface area contributed by atoms with Gasteiger partial charge in [-0.1, -0.05) is 20.8 Å². The van der Waals surface area contributed by atoms with Gasteiger partial charge in [0.1, 0.15) is 0 Å². The van der Waals surface area contributed by atoms with E-state index in [0.29, 0.717) is 18.5 Å². The average Bonchev–Trinajstić information content (AvgIpc) is 2.91. The normalized spacial score (nSPS) is 20.6. The van der Waals surface area contributed by atoms with Gasteiger partial charge >= 0.3 is 0 Å². The highest BCUT2D eigenvalue weighted by Crippen LogP contribution is 2.35. The van der Waals surface area contributed by atoms with Crippen LogP contribution in [0.1, 0.15) is 47.0 Å². The number of rotatable bonds is 5. The van der Waals surface area contributed by atoms with Crippen molar-refractivity contribution in [3.63, 3.8) is 0 Å². The van der Waals surface area contributed by atoms with E-state index in [1.165, 1.54) is 12.8 Å². The van der Waals surface area contributed by atoms with Crippen LogP contribution in [-0.4, -0.2) is 29.6 Å². The largest absolute Gasteiger partial charge is 0.327 e. The number of hydrogen-bond acceptors (Lipinski definition) is 3. The molecule has 16 heavy (non-hydrogen) atoms. The van der Waals surface area contributed by atoms with E-state index >= 15 is 0 Å². The summed E-state index contributed by atoms with van der Waals surface area (Å²) >= 11 is 0. The zero-order valence-corrected chi connectivity index (χ0v) is 11.0. The van der Waals surface area contributed by atoms with E-state index < -0.39 is 0 Å². The van der Waals surface area contributed by atoms with E-state index in [1.807, 2.05) is 0 Å². The van der Waals surface area contributed by atoms with Crippen LogP contribution in [0.3, 0.4) is 0 Å². The van der Waals surface area contributed by atoms with Crippen LogP contribution in [0.4, 0.5) is 0 Å². The molecule has 2 unspecified atom stereocenters. The van der Waals surface area contributed by atoms with Gasteiger partial charge in [0.05, 0.1) is 6.07 Å². The number of hydrogen-bond donors (Lipinski definition) is 1. The lowest BCUT2D eigenvalue weighted by atomic mass is 9.81. The molecule has 0 bridgehead atoms. The zero-order chi connectivity index (χ0) is 12.3. The van der Waals surface area contributed by atoms with Crippen LogP contribution in [0.15, 0.2) is 0 Å². The van der Waals surface area contributed by atoms with Crippen LogP contribution in [0.5, 0.6) is 0 Å². The van der Waals surface area contributed by atoms with Gasteiger partial charge in [0.25, 0.3) is 0 Å². The van der Waals surface area contributed by atoms with E-state index in [2.05, 4.69) is 38.7 Å². The molecule has 2 atom stereocenters. The van der Waals surface area contributed by atoms with Crippen molar-refractivity contribution in [1.82, 2.24) is 4.90 Å². The highest BCUT2D eigenvalue weighted by molar-refractivity contribution is 4.97. The van der Waals surface area contributed by atoms with Crippen LogP contribution < -0.4 is 5.73 Å². The molecule has 0 aromatic carbocycles. The Labute approximate surface area is 99.6 Å². The van der Waals surface area contributed by atoms with Gasteiger partial charge in [0.15, 0.2) is 0 Å². The summed E-state index contributed by atoms with van der Waals surface area (Å²) in [6.07, 6.45) is 3.14. The Balaban J connectivity index is 2.75.